The molecule has 0 aliphatic carbocycles. The van der Waals surface area contributed by atoms with E-state index < -0.39 is 11.7 Å². The fraction of sp³-hybridized carbons (Fsp3) is 0.321. The molecule has 2 fully saturated rings. The Morgan fingerprint density at radius 3 is 0.984 bits per heavy atom. The summed E-state index contributed by atoms with van der Waals surface area (Å²) in [6.07, 6.45) is -1.64. The van der Waals surface area contributed by atoms with E-state index in [1.54, 1.807) is 0 Å². The molecular weight excluding hydrogens is 800 g/mol. The Balaban J connectivity index is 0.000000186. The van der Waals surface area contributed by atoms with Crippen molar-refractivity contribution in [1.29, 1.82) is 0 Å². The van der Waals surface area contributed by atoms with Crippen LogP contribution in [0.4, 0.5) is 0 Å². The van der Waals surface area contributed by atoms with Crippen molar-refractivity contribution >= 4 is 11.6 Å². The van der Waals surface area contributed by atoms with Crippen LogP contribution in [0.25, 0.3) is 0 Å². The molecular formula is C53H57ClO8. The minimum atomic E-state index is -0.602. The highest BCUT2D eigenvalue weighted by molar-refractivity contribution is 6.20. The summed E-state index contributed by atoms with van der Waals surface area (Å²) in [4.78, 5) is 0. The Kier molecular flexibility index (Phi) is 18.1. The Bertz CT molecular complexity index is 1930. The molecule has 2 aliphatic heterocycles. The van der Waals surface area contributed by atoms with Crippen LogP contribution in [0.5, 0.6) is 0 Å². The first-order valence-electron chi connectivity index (χ1n) is 21.4. The largest absolute Gasteiger partial charge is 0.374 e. The Hall–Kier alpha value is -4.71. The lowest BCUT2D eigenvalue weighted by Gasteiger charge is -2.24. The monoisotopic (exact) mass is 856 g/mol. The first-order chi connectivity index (χ1) is 30.6. The highest BCUT2D eigenvalue weighted by Crippen LogP contribution is 2.32. The van der Waals surface area contributed by atoms with Crippen LogP contribution in [0, 0.1) is 0 Å². The standard InChI is InChI=1S/C27H30O4.C26H27ClO4/c1-21-26(29-18-23-13-7-3-8-14-23)27(30-19-24-15-9-4-10-16-24)25(31-21)20-28-17-22-11-5-2-6-12-22;27-26-25(30-18-22-14-8-3-9-15-22)24(29-17-21-12-6-2-7-13-21)23(31-26)19-28-16-20-10-4-1-5-11-20/h2-16,21,25-27H,17-20H2,1H3;1-15,23-26H,16-19H2. The lowest BCUT2D eigenvalue weighted by atomic mass is 10.1. The van der Waals surface area contributed by atoms with E-state index >= 15 is 0 Å². The third-order valence-corrected chi connectivity index (χ3v) is 11.1. The van der Waals surface area contributed by atoms with E-state index in [1.165, 1.54) is 0 Å². The number of ether oxygens (including phenoxy) is 8. The molecule has 8 atom stereocenters. The zero-order valence-corrected chi connectivity index (χ0v) is 36.0. The maximum atomic E-state index is 6.53. The van der Waals surface area contributed by atoms with Gasteiger partial charge in [0.15, 0.2) is 5.56 Å². The van der Waals surface area contributed by atoms with E-state index in [1.807, 2.05) is 153 Å². The van der Waals surface area contributed by atoms with Gasteiger partial charge in [0.25, 0.3) is 0 Å². The van der Waals surface area contributed by atoms with Gasteiger partial charge in [0, 0.05) is 0 Å². The minimum Gasteiger partial charge on any atom is -0.374 e. The van der Waals surface area contributed by atoms with E-state index in [-0.39, 0.29) is 36.6 Å². The normalized spacial score (nSPS) is 23.1. The second-order valence-electron chi connectivity index (χ2n) is 15.5. The molecule has 0 N–H and O–H groups in total. The number of rotatable bonds is 20. The van der Waals surface area contributed by atoms with Crippen LogP contribution in [0.3, 0.4) is 0 Å². The van der Waals surface area contributed by atoms with Gasteiger partial charge in [-0.3, -0.25) is 0 Å². The van der Waals surface area contributed by atoms with Crippen LogP contribution in [-0.2, 0) is 77.5 Å². The summed E-state index contributed by atoms with van der Waals surface area (Å²) < 4.78 is 49.2. The molecule has 0 aromatic heterocycles. The van der Waals surface area contributed by atoms with E-state index in [9.17, 15) is 0 Å². The zero-order valence-electron chi connectivity index (χ0n) is 35.2. The lowest BCUT2D eigenvalue weighted by Crippen LogP contribution is -2.38. The van der Waals surface area contributed by atoms with Crippen molar-refractivity contribution in [2.24, 2.45) is 0 Å². The van der Waals surface area contributed by atoms with Crippen LogP contribution in [-0.4, -0.2) is 61.5 Å². The number of alkyl halides is 1. The molecule has 0 spiro atoms. The van der Waals surface area contributed by atoms with Crippen molar-refractivity contribution in [1.82, 2.24) is 0 Å². The zero-order chi connectivity index (χ0) is 42.6. The first kappa shape index (κ1) is 45.3. The highest BCUT2D eigenvalue weighted by atomic mass is 35.5. The molecule has 8 rings (SSSR count). The van der Waals surface area contributed by atoms with Crippen molar-refractivity contribution in [3.8, 4) is 0 Å². The van der Waals surface area contributed by atoms with Crippen molar-refractivity contribution in [2.75, 3.05) is 13.2 Å². The molecule has 2 saturated heterocycles. The summed E-state index contributed by atoms with van der Waals surface area (Å²) in [6.45, 7) is 5.90. The average molecular weight is 857 g/mol. The van der Waals surface area contributed by atoms with Crippen LogP contribution >= 0.6 is 11.6 Å². The molecule has 2 aliphatic rings. The molecule has 0 saturated carbocycles. The first-order valence-corrected chi connectivity index (χ1v) is 21.8. The highest BCUT2D eigenvalue weighted by Gasteiger charge is 2.46. The van der Waals surface area contributed by atoms with Gasteiger partial charge in [0.2, 0.25) is 0 Å². The number of halogens is 1. The molecule has 0 radical (unpaired) electrons. The Morgan fingerprint density at radius 2 is 0.629 bits per heavy atom. The molecule has 8 unspecified atom stereocenters. The van der Waals surface area contributed by atoms with Crippen LogP contribution < -0.4 is 0 Å². The molecule has 62 heavy (non-hydrogen) atoms. The summed E-state index contributed by atoms with van der Waals surface area (Å²) in [5, 5.41) is 0. The van der Waals surface area contributed by atoms with E-state index in [2.05, 4.69) is 36.4 Å². The van der Waals surface area contributed by atoms with Gasteiger partial charge < -0.3 is 37.9 Å². The lowest BCUT2D eigenvalue weighted by molar-refractivity contribution is -0.0897. The summed E-state index contributed by atoms with van der Waals surface area (Å²) in [5.41, 5.74) is 6.10. The van der Waals surface area contributed by atoms with Gasteiger partial charge in [0.05, 0.1) is 59.0 Å². The summed E-state index contributed by atoms with van der Waals surface area (Å²) in [7, 11) is 0. The predicted octanol–water partition coefficient (Wildman–Crippen LogP) is 10.5. The third kappa shape index (κ3) is 14.2. The average Bonchev–Trinajstić information content (AvgIpc) is 3.80. The molecule has 0 bridgehead atoms. The third-order valence-electron chi connectivity index (χ3n) is 10.7. The second-order valence-corrected chi connectivity index (χ2v) is 15.9. The molecule has 9 heteroatoms. The Morgan fingerprint density at radius 1 is 0.355 bits per heavy atom. The van der Waals surface area contributed by atoms with Crippen LogP contribution in [0.1, 0.15) is 40.3 Å². The smallest absolute Gasteiger partial charge is 0.160 e. The van der Waals surface area contributed by atoms with Crippen molar-refractivity contribution in [3.05, 3.63) is 215 Å². The van der Waals surface area contributed by atoms with Crippen molar-refractivity contribution in [3.63, 3.8) is 0 Å². The maximum Gasteiger partial charge on any atom is 0.160 e. The van der Waals surface area contributed by atoms with Gasteiger partial charge >= 0.3 is 0 Å². The Labute approximate surface area is 371 Å². The maximum absolute atomic E-state index is 6.53. The fourth-order valence-corrected chi connectivity index (χ4v) is 7.81. The topological polar surface area (TPSA) is 73.8 Å². The van der Waals surface area contributed by atoms with E-state index in [0.29, 0.717) is 52.9 Å². The van der Waals surface area contributed by atoms with Gasteiger partial charge in [-0.2, -0.15) is 0 Å². The molecule has 324 valence electrons. The molecule has 8 nitrogen and oxygen atoms in total. The summed E-state index contributed by atoms with van der Waals surface area (Å²) in [5.74, 6) is 0. The quantitative estimate of drug-likeness (QED) is 0.0703. The molecule has 6 aromatic rings. The molecule has 0 amide bonds. The van der Waals surface area contributed by atoms with Gasteiger partial charge in [-0.15, -0.1) is 0 Å². The van der Waals surface area contributed by atoms with Gasteiger partial charge in [-0.05, 0) is 40.3 Å². The number of benzene rings is 6. The molecule has 2 heterocycles. The van der Waals surface area contributed by atoms with Gasteiger partial charge in [-0.1, -0.05) is 194 Å². The van der Waals surface area contributed by atoms with Crippen molar-refractivity contribution in [2.45, 2.75) is 94.9 Å². The summed E-state index contributed by atoms with van der Waals surface area (Å²) >= 11 is 6.53. The predicted molar refractivity (Wildman–Crippen MR) is 241 cm³/mol. The van der Waals surface area contributed by atoms with Crippen molar-refractivity contribution < 1.29 is 37.9 Å². The number of hydrogen-bond acceptors (Lipinski definition) is 8. The number of hydrogen-bond donors (Lipinski definition) is 0. The molecule has 6 aromatic carbocycles. The van der Waals surface area contributed by atoms with Gasteiger partial charge in [-0.25, -0.2) is 0 Å². The van der Waals surface area contributed by atoms with Crippen LogP contribution in [0.15, 0.2) is 182 Å². The second kappa shape index (κ2) is 24.8. The fourth-order valence-electron chi connectivity index (χ4n) is 7.47. The van der Waals surface area contributed by atoms with Gasteiger partial charge in [0.1, 0.15) is 36.6 Å². The minimum absolute atomic E-state index is 0.0742. The summed E-state index contributed by atoms with van der Waals surface area (Å²) in [6, 6.07) is 60.7. The van der Waals surface area contributed by atoms with E-state index in [4.69, 9.17) is 49.5 Å². The van der Waals surface area contributed by atoms with Crippen LogP contribution in [0.2, 0.25) is 0 Å². The van der Waals surface area contributed by atoms with E-state index in [0.717, 1.165) is 33.4 Å². The SMILES string of the molecule is CC1OC(COCc2ccccc2)C(OCc2ccccc2)C1OCc1ccccc1.ClC1OC(COCc2ccccc2)C(OCc2ccccc2)C1OCc1ccccc1.